The van der Waals surface area contributed by atoms with Crippen molar-refractivity contribution in [1.82, 2.24) is 14.9 Å². The lowest BCUT2D eigenvalue weighted by Crippen LogP contribution is -2.42. The lowest BCUT2D eigenvalue weighted by molar-refractivity contribution is 0.0965. The van der Waals surface area contributed by atoms with Gasteiger partial charge in [0.1, 0.15) is 10.6 Å². The monoisotopic (exact) mass is 366 g/mol. The minimum Gasteiger partial charge on any atom is -0.383 e. The van der Waals surface area contributed by atoms with Gasteiger partial charge in [0.15, 0.2) is 5.82 Å². The molecule has 4 nitrogen and oxygen atoms in total. The summed E-state index contributed by atoms with van der Waals surface area (Å²) >= 11 is 1.75. The van der Waals surface area contributed by atoms with Gasteiger partial charge < -0.3 is 5.73 Å². The first-order valence-electron chi connectivity index (χ1n) is 9.40. The van der Waals surface area contributed by atoms with E-state index >= 15 is 0 Å². The second-order valence-corrected chi connectivity index (χ2v) is 8.65. The molecule has 3 aromatic rings. The highest BCUT2D eigenvalue weighted by atomic mass is 32.1. The number of thiophene rings is 1. The Morgan fingerprint density at radius 1 is 1.15 bits per heavy atom. The number of aromatic nitrogens is 2. The SMILES string of the molecule is Cc1cccc(-c2nc(N)c3cc(CN4[C@H](C)CCC[C@@H]4C)sc3n2)c1. The van der Waals surface area contributed by atoms with Crippen LogP contribution >= 0.6 is 11.3 Å². The van der Waals surface area contributed by atoms with Gasteiger partial charge in [0, 0.05) is 29.1 Å². The number of hydrogen-bond acceptors (Lipinski definition) is 5. The molecule has 0 saturated carbocycles. The summed E-state index contributed by atoms with van der Waals surface area (Å²) in [6.45, 7) is 7.73. The topological polar surface area (TPSA) is 55.0 Å². The molecule has 0 bridgehead atoms. The number of anilines is 1. The lowest BCUT2D eigenvalue weighted by atomic mass is 9.97. The fraction of sp³-hybridized carbons (Fsp3) is 0.429. The molecule has 1 aliphatic rings. The minimum atomic E-state index is 0.578. The number of rotatable bonds is 3. The van der Waals surface area contributed by atoms with E-state index in [0.29, 0.717) is 23.7 Å². The van der Waals surface area contributed by atoms with E-state index < -0.39 is 0 Å². The Morgan fingerprint density at radius 2 is 1.92 bits per heavy atom. The molecule has 0 unspecified atom stereocenters. The molecule has 5 heteroatoms. The van der Waals surface area contributed by atoms with Crippen LogP contribution in [0.25, 0.3) is 21.6 Å². The molecule has 136 valence electrons. The average Bonchev–Trinajstić information content (AvgIpc) is 3.02. The molecule has 4 rings (SSSR count). The predicted molar refractivity (Wildman–Crippen MR) is 110 cm³/mol. The van der Waals surface area contributed by atoms with Crippen LogP contribution in [0.5, 0.6) is 0 Å². The number of likely N-dealkylation sites (tertiary alicyclic amines) is 1. The molecule has 1 aliphatic heterocycles. The first-order chi connectivity index (χ1) is 12.5. The van der Waals surface area contributed by atoms with E-state index in [0.717, 1.165) is 22.3 Å². The van der Waals surface area contributed by atoms with Crippen molar-refractivity contribution < 1.29 is 0 Å². The van der Waals surface area contributed by atoms with E-state index in [-0.39, 0.29) is 0 Å². The fourth-order valence-corrected chi connectivity index (χ4v) is 5.00. The van der Waals surface area contributed by atoms with Crippen molar-refractivity contribution in [3.63, 3.8) is 0 Å². The van der Waals surface area contributed by atoms with Gasteiger partial charge in [0.2, 0.25) is 0 Å². The van der Waals surface area contributed by atoms with Crippen molar-refractivity contribution in [2.75, 3.05) is 5.73 Å². The van der Waals surface area contributed by atoms with E-state index in [1.165, 1.54) is 29.7 Å². The number of hydrogen-bond donors (Lipinski definition) is 1. The molecule has 3 heterocycles. The van der Waals surface area contributed by atoms with Gasteiger partial charge in [0.25, 0.3) is 0 Å². The first-order valence-corrected chi connectivity index (χ1v) is 10.2. The highest BCUT2D eigenvalue weighted by Crippen LogP contribution is 2.33. The number of nitrogens with two attached hydrogens (primary N) is 1. The van der Waals surface area contributed by atoms with Crippen LogP contribution in [-0.2, 0) is 6.54 Å². The Kier molecular flexibility index (Phi) is 4.67. The average molecular weight is 367 g/mol. The van der Waals surface area contributed by atoms with Crippen molar-refractivity contribution in [2.45, 2.75) is 58.7 Å². The van der Waals surface area contributed by atoms with Gasteiger partial charge in [0.05, 0.1) is 5.39 Å². The van der Waals surface area contributed by atoms with Crippen molar-refractivity contribution in [3.8, 4) is 11.4 Å². The van der Waals surface area contributed by atoms with Crippen LogP contribution in [0.3, 0.4) is 0 Å². The van der Waals surface area contributed by atoms with Gasteiger partial charge in [-0.1, -0.05) is 30.2 Å². The highest BCUT2D eigenvalue weighted by molar-refractivity contribution is 7.18. The van der Waals surface area contributed by atoms with Crippen LogP contribution < -0.4 is 5.73 Å². The fourth-order valence-electron chi connectivity index (χ4n) is 3.95. The van der Waals surface area contributed by atoms with Crippen molar-refractivity contribution in [2.24, 2.45) is 0 Å². The van der Waals surface area contributed by atoms with Gasteiger partial charge in [-0.25, -0.2) is 9.97 Å². The van der Waals surface area contributed by atoms with E-state index in [2.05, 4.69) is 48.9 Å². The molecule has 1 saturated heterocycles. The number of fused-ring (bicyclic) bond motifs is 1. The van der Waals surface area contributed by atoms with E-state index in [9.17, 15) is 0 Å². The van der Waals surface area contributed by atoms with Crippen molar-refractivity contribution in [1.29, 1.82) is 0 Å². The molecule has 26 heavy (non-hydrogen) atoms. The van der Waals surface area contributed by atoms with Crippen LogP contribution in [0.15, 0.2) is 30.3 Å². The minimum absolute atomic E-state index is 0.578. The van der Waals surface area contributed by atoms with Crippen LogP contribution in [-0.4, -0.2) is 27.0 Å². The lowest BCUT2D eigenvalue weighted by Gasteiger charge is -2.38. The Hall–Kier alpha value is -1.98. The van der Waals surface area contributed by atoms with Crippen molar-refractivity contribution >= 4 is 27.4 Å². The maximum absolute atomic E-state index is 6.28. The summed E-state index contributed by atoms with van der Waals surface area (Å²) < 4.78 is 0. The third-order valence-corrected chi connectivity index (χ3v) is 6.48. The smallest absolute Gasteiger partial charge is 0.163 e. The van der Waals surface area contributed by atoms with Crippen LogP contribution in [0.4, 0.5) is 5.82 Å². The highest BCUT2D eigenvalue weighted by Gasteiger charge is 2.25. The number of benzene rings is 1. The summed E-state index contributed by atoms with van der Waals surface area (Å²) in [6, 6.07) is 11.7. The van der Waals surface area contributed by atoms with Gasteiger partial charge >= 0.3 is 0 Å². The molecule has 1 fully saturated rings. The van der Waals surface area contributed by atoms with Crippen LogP contribution in [0.1, 0.15) is 43.6 Å². The van der Waals surface area contributed by atoms with Gasteiger partial charge in [-0.15, -0.1) is 11.3 Å². The molecule has 0 spiro atoms. The quantitative estimate of drug-likeness (QED) is 0.708. The summed E-state index contributed by atoms with van der Waals surface area (Å²) in [5, 5.41) is 0.985. The maximum atomic E-state index is 6.28. The zero-order valence-electron chi connectivity index (χ0n) is 15.7. The first kappa shape index (κ1) is 17.4. The molecule has 0 radical (unpaired) electrons. The molecule has 0 amide bonds. The number of aryl methyl sites for hydroxylation is 1. The molecular formula is C21H26N4S. The normalized spacial score (nSPS) is 21.3. The number of piperidine rings is 1. The summed E-state index contributed by atoms with van der Waals surface area (Å²) in [6.07, 6.45) is 3.91. The summed E-state index contributed by atoms with van der Waals surface area (Å²) in [4.78, 5) is 14.3. The Labute approximate surface area is 159 Å². The predicted octanol–water partition coefficient (Wildman–Crippen LogP) is 5.01. The maximum Gasteiger partial charge on any atom is 0.163 e. The third-order valence-electron chi connectivity index (χ3n) is 5.46. The third kappa shape index (κ3) is 3.33. The Balaban J connectivity index is 1.68. The molecule has 2 aromatic heterocycles. The largest absolute Gasteiger partial charge is 0.383 e. The Bertz CT molecular complexity index is 923. The standard InChI is InChI=1S/C21H26N4S/c1-13-6-4-9-16(10-13)20-23-19(22)18-11-17(26-21(18)24-20)12-25-14(2)7-5-8-15(25)3/h4,6,9-11,14-15H,5,7-8,12H2,1-3H3,(H2,22,23,24)/t14-,15+. The van der Waals surface area contributed by atoms with Crippen LogP contribution in [0, 0.1) is 6.92 Å². The second-order valence-electron chi connectivity index (χ2n) is 7.53. The van der Waals surface area contributed by atoms with E-state index in [4.69, 9.17) is 10.7 Å². The van der Waals surface area contributed by atoms with Crippen molar-refractivity contribution in [3.05, 3.63) is 40.8 Å². The van der Waals surface area contributed by atoms with Gasteiger partial charge in [-0.05, 0) is 45.7 Å². The molecule has 1 aromatic carbocycles. The Morgan fingerprint density at radius 3 is 2.65 bits per heavy atom. The van der Waals surface area contributed by atoms with Gasteiger partial charge in [-0.3, -0.25) is 4.90 Å². The zero-order chi connectivity index (χ0) is 18.3. The summed E-state index contributed by atoms with van der Waals surface area (Å²) in [5.74, 6) is 1.29. The van der Waals surface area contributed by atoms with E-state index in [1.54, 1.807) is 11.3 Å². The number of nitrogens with zero attached hydrogens (tertiary/aromatic N) is 3. The second kappa shape index (κ2) is 6.97. The molecule has 2 N–H and O–H groups in total. The molecule has 0 aliphatic carbocycles. The zero-order valence-corrected chi connectivity index (χ0v) is 16.5. The summed E-state index contributed by atoms with van der Waals surface area (Å²) in [7, 11) is 0. The molecule has 2 atom stereocenters. The van der Waals surface area contributed by atoms with Gasteiger partial charge in [-0.2, -0.15) is 0 Å². The molecular weight excluding hydrogens is 340 g/mol. The van der Waals surface area contributed by atoms with E-state index in [1.807, 2.05) is 12.1 Å². The number of nitrogen functional groups attached to an aromatic ring is 1. The van der Waals surface area contributed by atoms with Crippen LogP contribution in [0.2, 0.25) is 0 Å². The summed E-state index contributed by atoms with van der Waals surface area (Å²) in [5.41, 5.74) is 8.49.